The molecule has 1 atom stereocenters. The lowest BCUT2D eigenvalue weighted by Crippen LogP contribution is -2.36. The lowest BCUT2D eigenvalue weighted by molar-refractivity contribution is 0.249. The van der Waals surface area contributed by atoms with E-state index in [1.165, 1.54) is 37.6 Å². The average molecular weight is 230 g/mol. The maximum Gasteiger partial charge on any atom is 0.00725 e. The molecule has 1 rings (SSSR count). The smallest absolute Gasteiger partial charge is 0.00725 e. The van der Waals surface area contributed by atoms with E-state index in [2.05, 4.69) is 42.7 Å². The van der Waals surface area contributed by atoms with Crippen LogP contribution in [0.25, 0.3) is 0 Å². The van der Waals surface area contributed by atoms with Gasteiger partial charge in [0.1, 0.15) is 0 Å². The van der Waals surface area contributed by atoms with Crippen molar-refractivity contribution >= 4 is 11.8 Å². The molecular weight excluding hydrogens is 204 g/mol. The molecule has 1 fully saturated rings. The monoisotopic (exact) mass is 230 g/mol. The molecular formula is C12H26N2S. The van der Waals surface area contributed by atoms with Gasteiger partial charge in [0.15, 0.2) is 0 Å². The number of nitrogens with one attached hydrogen (secondary N) is 1. The van der Waals surface area contributed by atoms with Gasteiger partial charge in [-0.25, -0.2) is 0 Å². The van der Waals surface area contributed by atoms with Gasteiger partial charge < -0.3 is 10.2 Å². The van der Waals surface area contributed by atoms with E-state index in [4.69, 9.17) is 0 Å². The summed E-state index contributed by atoms with van der Waals surface area (Å²) in [6, 6.07) is 0.618. The van der Waals surface area contributed by atoms with Gasteiger partial charge in [-0.05, 0) is 31.2 Å². The first kappa shape index (κ1) is 13.3. The molecule has 0 aromatic carbocycles. The predicted octanol–water partition coefficient (Wildman–Crippen LogP) is 2.06. The summed E-state index contributed by atoms with van der Waals surface area (Å²) in [5.74, 6) is 3.45. The second-order valence-corrected chi connectivity index (χ2v) is 6.16. The molecule has 0 aliphatic carbocycles. The largest absolute Gasteiger partial charge is 0.314 e. The van der Waals surface area contributed by atoms with Crippen LogP contribution in [-0.4, -0.2) is 48.6 Å². The van der Waals surface area contributed by atoms with Gasteiger partial charge in [-0.1, -0.05) is 20.8 Å². The summed E-state index contributed by atoms with van der Waals surface area (Å²) in [6.07, 6.45) is 1.37. The van der Waals surface area contributed by atoms with Crippen LogP contribution in [0.15, 0.2) is 0 Å². The Kier molecular flexibility index (Phi) is 6.69. The molecule has 0 spiro atoms. The molecule has 2 nitrogen and oxygen atoms in total. The molecule has 0 amide bonds. The second kappa shape index (κ2) is 7.53. The molecule has 0 aromatic rings. The summed E-state index contributed by atoms with van der Waals surface area (Å²) in [5.41, 5.74) is 0. The van der Waals surface area contributed by atoms with Gasteiger partial charge in [-0.15, -0.1) is 0 Å². The van der Waals surface area contributed by atoms with Gasteiger partial charge in [-0.3, -0.25) is 0 Å². The minimum atomic E-state index is 0.618. The van der Waals surface area contributed by atoms with Gasteiger partial charge in [-0.2, -0.15) is 11.8 Å². The number of nitrogens with zero attached hydrogens (tertiary/aromatic N) is 1. The van der Waals surface area contributed by atoms with Crippen molar-refractivity contribution in [1.29, 1.82) is 0 Å². The normalized spacial score (nSPS) is 21.6. The molecule has 15 heavy (non-hydrogen) atoms. The molecule has 1 saturated heterocycles. The van der Waals surface area contributed by atoms with Crippen molar-refractivity contribution in [1.82, 2.24) is 10.2 Å². The Bertz CT molecular complexity index is 154. The van der Waals surface area contributed by atoms with Crippen molar-refractivity contribution < 1.29 is 0 Å². The van der Waals surface area contributed by atoms with Gasteiger partial charge in [0.05, 0.1) is 0 Å². The molecule has 0 saturated carbocycles. The molecule has 3 heteroatoms. The lowest BCUT2D eigenvalue weighted by Gasteiger charge is -2.24. The summed E-state index contributed by atoms with van der Waals surface area (Å²) in [7, 11) is 0. The van der Waals surface area contributed by atoms with Gasteiger partial charge in [0.2, 0.25) is 0 Å². The Balaban J connectivity index is 2.14. The molecule has 1 N–H and O–H groups in total. The molecule has 0 bridgehead atoms. The highest BCUT2D eigenvalue weighted by Gasteiger charge is 2.12. The third kappa shape index (κ3) is 6.44. The van der Waals surface area contributed by atoms with Crippen LogP contribution in [0.2, 0.25) is 0 Å². The highest BCUT2D eigenvalue weighted by molar-refractivity contribution is 7.99. The lowest BCUT2D eigenvalue weighted by atomic mass is 10.1. The van der Waals surface area contributed by atoms with Gasteiger partial charge in [0.25, 0.3) is 0 Å². The van der Waals surface area contributed by atoms with Crippen LogP contribution in [0.4, 0.5) is 0 Å². The summed E-state index contributed by atoms with van der Waals surface area (Å²) >= 11 is 2.11. The van der Waals surface area contributed by atoms with E-state index in [0.29, 0.717) is 6.04 Å². The fraction of sp³-hybridized carbons (Fsp3) is 1.00. The van der Waals surface area contributed by atoms with Crippen LogP contribution < -0.4 is 5.32 Å². The topological polar surface area (TPSA) is 15.3 Å². The summed E-state index contributed by atoms with van der Waals surface area (Å²) in [5, 5.41) is 3.52. The van der Waals surface area contributed by atoms with Crippen molar-refractivity contribution in [2.45, 2.75) is 33.2 Å². The molecule has 1 heterocycles. The highest BCUT2D eigenvalue weighted by Crippen LogP contribution is 2.11. The van der Waals surface area contributed by atoms with Crippen molar-refractivity contribution in [2.75, 3.05) is 37.7 Å². The Morgan fingerprint density at radius 1 is 1.20 bits per heavy atom. The standard InChI is InChI=1S/C12H26N2S/c1-11(2)13-9-12(3)10-14-5-4-7-15-8-6-14/h11-13H,4-10H2,1-3H3. The quantitative estimate of drug-likeness (QED) is 0.778. The fourth-order valence-electron chi connectivity index (χ4n) is 1.92. The first-order valence-electron chi connectivity index (χ1n) is 6.22. The Morgan fingerprint density at radius 3 is 2.73 bits per heavy atom. The average Bonchev–Trinajstić information content (AvgIpc) is 2.43. The Morgan fingerprint density at radius 2 is 2.00 bits per heavy atom. The minimum Gasteiger partial charge on any atom is -0.314 e. The van der Waals surface area contributed by atoms with Crippen molar-refractivity contribution in [3.8, 4) is 0 Å². The number of thioether (sulfide) groups is 1. The summed E-state index contributed by atoms with van der Waals surface area (Å²) < 4.78 is 0. The maximum atomic E-state index is 3.52. The van der Waals surface area contributed by atoms with Crippen LogP contribution in [0.3, 0.4) is 0 Å². The van der Waals surface area contributed by atoms with E-state index < -0.39 is 0 Å². The molecule has 0 radical (unpaired) electrons. The highest BCUT2D eigenvalue weighted by atomic mass is 32.2. The van der Waals surface area contributed by atoms with Gasteiger partial charge in [0, 0.05) is 24.9 Å². The molecule has 1 unspecified atom stereocenters. The zero-order valence-corrected chi connectivity index (χ0v) is 11.3. The maximum absolute atomic E-state index is 3.52. The van der Waals surface area contributed by atoms with Crippen LogP contribution >= 0.6 is 11.8 Å². The minimum absolute atomic E-state index is 0.618. The van der Waals surface area contributed by atoms with E-state index in [-0.39, 0.29) is 0 Å². The second-order valence-electron chi connectivity index (χ2n) is 4.93. The molecule has 90 valence electrons. The Hall–Kier alpha value is 0.270. The van der Waals surface area contributed by atoms with E-state index in [9.17, 15) is 0 Å². The van der Waals surface area contributed by atoms with Gasteiger partial charge >= 0.3 is 0 Å². The summed E-state index contributed by atoms with van der Waals surface area (Å²) in [4.78, 5) is 2.63. The number of hydrogen-bond donors (Lipinski definition) is 1. The zero-order valence-electron chi connectivity index (χ0n) is 10.5. The summed E-state index contributed by atoms with van der Waals surface area (Å²) in [6.45, 7) is 11.8. The number of hydrogen-bond acceptors (Lipinski definition) is 3. The Labute approximate surface area is 99.2 Å². The zero-order chi connectivity index (χ0) is 11.1. The first-order chi connectivity index (χ1) is 7.18. The van der Waals surface area contributed by atoms with E-state index >= 15 is 0 Å². The van der Waals surface area contributed by atoms with E-state index in [1.807, 2.05) is 0 Å². The molecule has 1 aliphatic rings. The fourth-order valence-corrected chi connectivity index (χ4v) is 2.85. The van der Waals surface area contributed by atoms with E-state index in [0.717, 1.165) is 12.5 Å². The van der Waals surface area contributed by atoms with Crippen LogP contribution in [0.5, 0.6) is 0 Å². The van der Waals surface area contributed by atoms with Crippen molar-refractivity contribution in [2.24, 2.45) is 5.92 Å². The van der Waals surface area contributed by atoms with E-state index in [1.54, 1.807) is 0 Å². The van der Waals surface area contributed by atoms with Crippen LogP contribution in [0, 0.1) is 5.92 Å². The SMILES string of the molecule is CC(CNC(C)C)CN1CCCSCC1. The predicted molar refractivity (Wildman–Crippen MR) is 70.7 cm³/mol. The third-order valence-electron chi connectivity index (χ3n) is 2.76. The number of rotatable bonds is 5. The van der Waals surface area contributed by atoms with Crippen molar-refractivity contribution in [3.05, 3.63) is 0 Å². The first-order valence-corrected chi connectivity index (χ1v) is 7.37. The van der Waals surface area contributed by atoms with Crippen LogP contribution in [-0.2, 0) is 0 Å². The third-order valence-corrected chi connectivity index (χ3v) is 3.81. The van der Waals surface area contributed by atoms with Crippen LogP contribution in [0.1, 0.15) is 27.2 Å². The van der Waals surface area contributed by atoms with Crippen molar-refractivity contribution in [3.63, 3.8) is 0 Å². The molecule has 0 aromatic heterocycles. The molecule has 1 aliphatic heterocycles.